The lowest BCUT2D eigenvalue weighted by molar-refractivity contribution is 0.669. The number of rotatable bonds is 6. The zero-order chi connectivity index (χ0) is 33.7. The van der Waals surface area contributed by atoms with Crippen LogP contribution in [0.5, 0.6) is 0 Å². The summed E-state index contributed by atoms with van der Waals surface area (Å²) in [5.74, 6) is 0. The van der Waals surface area contributed by atoms with Crippen LogP contribution in [0.1, 0.15) is 12.8 Å². The predicted octanol–water partition coefficient (Wildman–Crippen LogP) is 13.9. The molecule has 0 radical (unpaired) electrons. The van der Waals surface area contributed by atoms with E-state index in [0.29, 0.717) is 0 Å². The largest absolute Gasteiger partial charge is 0.454 e. The summed E-state index contributed by atoms with van der Waals surface area (Å²) in [4.78, 5) is 4.89. The normalized spacial score (nSPS) is 13.0. The van der Waals surface area contributed by atoms with Crippen LogP contribution in [0.3, 0.4) is 0 Å². The van der Waals surface area contributed by atoms with Crippen molar-refractivity contribution in [3.63, 3.8) is 0 Å². The fourth-order valence-electron chi connectivity index (χ4n) is 7.98. The number of fused-ring (bicyclic) bond motifs is 6. The highest BCUT2D eigenvalue weighted by Gasteiger charge is 2.30. The predicted molar refractivity (Wildman–Crippen MR) is 216 cm³/mol. The molecule has 0 fully saturated rings. The molecule has 1 aromatic heterocycles. The van der Waals surface area contributed by atoms with Gasteiger partial charge in [-0.15, -0.1) is 0 Å². The van der Waals surface area contributed by atoms with Crippen LogP contribution >= 0.6 is 0 Å². The van der Waals surface area contributed by atoms with Crippen LogP contribution in [-0.2, 0) is 0 Å². The molecule has 3 nitrogen and oxygen atoms in total. The van der Waals surface area contributed by atoms with Gasteiger partial charge in [0.05, 0.1) is 28.1 Å². The van der Waals surface area contributed by atoms with Crippen molar-refractivity contribution >= 4 is 82.7 Å². The molecule has 0 saturated heterocycles. The molecule has 1 aliphatic carbocycles. The highest BCUT2D eigenvalue weighted by molar-refractivity contribution is 6.28. The van der Waals surface area contributed by atoms with Gasteiger partial charge in [-0.2, -0.15) is 0 Å². The molecule has 0 aliphatic heterocycles. The average Bonchev–Trinajstić information content (AvgIpc) is 3.59. The Morgan fingerprint density at radius 1 is 0.431 bits per heavy atom. The number of anilines is 5. The molecule has 0 N–H and O–H groups in total. The lowest BCUT2D eigenvalue weighted by Gasteiger charge is -2.33. The van der Waals surface area contributed by atoms with Gasteiger partial charge >= 0.3 is 0 Å². The van der Waals surface area contributed by atoms with Crippen molar-refractivity contribution < 1.29 is 4.42 Å². The lowest BCUT2D eigenvalue weighted by atomic mass is 9.96. The van der Waals surface area contributed by atoms with Gasteiger partial charge in [0.15, 0.2) is 5.58 Å². The molecule has 0 amide bonds. The fourth-order valence-corrected chi connectivity index (χ4v) is 7.98. The van der Waals surface area contributed by atoms with Gasteiger partial charge < -0.3 is 14.2 Å². The molecule has 1 aliphatic rings. The van der Waals surface area contributed by atoms with Crippen LogP contribution in [0.2, 0.25) is 0 Å². The first-order chi connectivity index (χ1) is 25.3. The maximum atomic E-state index is 7.13. The zero-order valence-corrected chi connectivity index (χ0v) is 28.0. The molecule has 0 spiro atoms. The molecule has 1 heterocycles. The molecule has 0 saturated carbocycles. The minimum absolute atomic E-state index is 0.860. The number of benzene rings is 8. The number of para-hydroxylation sites is 2. The van der Waals surface area contributed by atoms with Gasteiger partial charge in [0, 0.05) is 38.3 Å². The summed E-state index contributed by atoms with van der Waals surface area (Å²) in [7, 11) is 0. The first-order valence-corrected chi connectivity index (χ1v) is 17.7. The molecular formula is C48H34N2O. The molecule has 8 aromatic carbocycles. The number of furan rings is 1. The molecule has 3 heteroatoms. The first-order valence-electron chi connectivity index (χ1n) is 17.7. The van der Waals surface area contributed by atoms with Crippen molar-refractivity contribution in [2.24, 2.45) is 0 Å². The van der Waals surface area contributed by atoms with Crippen LogP contribution in [0.15, 0.2) is 192 Å². The first kappa shape index (κ1) is 29.3. The monoisotopic (exact) mass is 654 g/mol. The van der Waals surface area contributed by atoms with Crippen LogP contribution in [0.25, 0.3) is 54.3 Å². The van der Waals surface area contributed by atoms with E-state index in [1.807, 2.05) is 0 Å². The molecule has 10 rings (SSSR count). The number of nitrogens with zero attached hydrogens (tertiary/aromatic N) is 2. The second-order valence-corrected chi connectivity index (χ2v) is 13.2. The van der Waals surface area contributed by atoms with Crippen molar-refractivity contribution in [2.45, 2.75) is 12.8 Å². The standard InChI is InChI=1S/C48H34N2O/c1-3-21-35(22-4-1)49(42-30-15-19-33-17-7-9-25-37(33)42)46-39-27-11-12-28-40(39)47(48-45(46)41-29-13-14-32-44(41)51-48)50(36-23-5-2-6-24-36)43-31-16-20-34-18-8-10-26-38(34)43/h1,3-5,7-32H,2,6H2. The van der Waals surface area contributed by atoms with Crippen molar-refractivity contribution in [3.05, 3.63) is 188 Å². The summed E-state index contributed by atoms with van der Waals surface area (Å²) in [6.45, 7) is 0. The summed E-state index contributed by atoms with van der Waals surface area (Å²) in [5, 5.41) is 9.22. The van der Waals surface area contributed by atoms with Gasteiger partial charge in [0.25, 0.3) is 0 Å². The van der Waals surface area contributed by atoms with E-state index in [1.165, 1.54) is 21.5 Å². The average molecular weight is 655 g/mol. The van der Waals surface area contributed by atoms with Crippen LogP contribution < -0.4 is 9.80 Å². The summed E-state index contributed by atoms with van der Waals surface area (Å²) >= 11 is 0. The molecule has 51 heavy (non-hydrogen) atoms. The SMILES string of the molecule is C1=CC(N(c2cccc3ccccc23)c2c3ccccc3c(N(c3ccccc3)c3cccc4ccccc34)c3c2oc2ccccc23)=CCC1. The van der Waals surface area contributed by atoms with E-state index >= 15 is 0 Å². The smallest absolute Gasteiger partial charge is 0.162 e. The van der Waals surface area contributed by atoms with Crippen LogP contribution in [0.4, 0.5) is 28.4 Å². The quantitative estimate of drug-likeness (QED) is 0.166. The minimum atomic E-state index is 0.860. The second-order valence-electron chi connectivity index (χ2n) is 13.2. The van der Waals surface area contributed by atoms with E-state index < -0.39 is 0 Å². The Morgan fingerprint density at radius 3 is 1.65 bits per heavy atom. The summed E-state index contributed by atoms with van der Waals surface area (Å²) in [6.07, 6.45) is 8.94. The summed E-state index contributed by atoms with van der Waals surface area (Å²) < 4.78 is 7.13. The van der Waals surface area contributed by atoms with Gasteiger partial charge in [-0.25, -0.2) is 0 Å². The highest BCUT2D eigenvalue weighted by atomic mass is 16.3. The van der Waals surface area contributed by atoms with E-state index in [1.54, 1.807) is 0 Å². The summed E-state index contributed by atoms with van der Waals surface area (Å²) in [5.41, 5.74) is 8.34. The maximum absolute atomic E-state index is 7.13. The highest BCUT2D eigenvalue weighted by Crippen LogP contribution is 2.54. The van der Waals surface area contributed by atoms with Crippen LogP contribution in [-0.4, -0.2) is 0 Å². The van der Waals surface area contributed by atoms with Gasteiger partial charge in [-0.1, -0.05) is 146 Å². The Balaban J connectivity index is 1.40. The molecular weight excluding hydrogens is 621 g/mol. The number of allylic oxidation sites excluding steroid dienone is 3. The molecule has 9 aromatic rings. The summed E-state index contributed by atoms with van der Waals surface area (Å²) in [6, 6.07) is 58.7. The van der Waals surface area contributed by atoms with E-state index in [-0.39, 0.29) is 0 Å². The van der Waals surface area contributed by atoms with Crippen molar-refractivity contribution in [3.8, 4) is 0 Å². The fraction of sp³-hybridized carbons (Fsp3) is 0.0417. The topological polar surface area (TPSA) is 19.6 Å². The van der Waals surface area contributed by atoms with Crippen molar-refractivity contribution in [1.82, 2.24) is 0 Å². The molecule has 242 valence electrons. The van der Waals surface area contributed by atoms with Crippen molar-refractivity contribution in [1.29, 1.82) is 0 Å². The second kappa shape index (κ2) is 12.1. The number of hydrogen-bond acceptors (Lipinski definition) is 3. The van der Waals surface area contributed by atoms with Crippen molar-refractivity contribution in [2.75, 3.05) is 9.80 Å². The van der Waals surface area contributed by atoms with Gasteiger partial charge in [0.2, 0.25) is 0 Å². The van der Waals surface area contributed by atoms with E-state index in [4.69, 9.17) is 4.42 Å². The third kappa shape index (κ3) is 4.74. The van der Waals surface area contributed by atoms with Gasteiger partial charge in [-0.05, 0) is 60.0 Å². The third-order valence-corrected chi connectivity index (χ3v) is 10.2. The maximum Gasteiger partial charge on any atom is 0.162 e. The Bertz CT molecular complexity index is 2820. The van der Waals surface area contributed by atoms with Gasteiger partial charge in [-0.3, -0.25) is 0 Å². The molecule has 0 bridgehead atoms. The van der Waals surface area contributed by atoms with E-state index in [2.05, 4.69) is 192 Å². The zero-order valence-electron chi connectivity index (χ0n) is 28.0. The van der Waals surface area contributed by atoms with Crippen LogP contribution in [0, 0.1) is 0 Å². The Labute approximate surface area is 296 Å². The Kier molecular flexibility index (Phi) is 6.95. The number of hydrogen-bond donors (Lipinski definition) is 0. The minimum Gasteiger partial charge on any atom is -0.454 e. The third-order valence-electron chi connectivity index (χ3n) is 10.2. The Hall–Kier alpha value is -6.58. The van der Waals surface area contributed by atoms with E-state index in [0.717, 1.165) is 79.7 Å². The lowest BCUT2D eigenvalue weighted by Crippen LogP contribution is -2.18. The molecule has 0 atom stereocenters. The molecule has 0 unspecified atom stereocenters. The van der Waals surface area contributed by atoms with E-state index in [9.17, 15) is 0 Å². The Morgan fingerprint density at radius 2 is 0.980 bits per heavy atom. The van der Waals surface area contributed by atoms with Gasteiger partial charge in [0.1, 0.15) is 5.58 Å².